The molecular formula is C13H16BrN3S2. The van der Waals surface area contributed by atoms with Crippen molar-refractivity contribution in [3.63, 3.8) is 0 Å². The van der Waals surface area contributed by atoms with E-state index in [4.69, 9.17) is 0 Å². The van der Waals surface area contributed by atoms with Crippen molar-refractivity contribution in [2.24, 2.45) is 4.99 Å². The lowest BCUT2D eigenvalue weighted by Crippen LogP contribution is -2.36. The van der Waals surface area contributed by atoms with Crippen LogP contribution in [-0.2, 0) is 13.1 Å². The summed E-state index contributed by atoms with van der Waals surface area (Å²) < 4.78 is 1.15. The standard InChI is InChI=1S/C13H16BrN3S2/c1-2-15-13(16-6-10-3-4-18-8-10)17-7-11-5-12(14)19-9-11/h3-5,8-9H,2,6-7H2,1H3,(H2,15,16,17). The third-order valence-corrected chi connectivity index (χ3v) is 4.71. The number of hydrogen-bond donors (Lipinski definition) is 2. The van der Waals surface area contributed by atoms with Gasteiger partial charge in [-0.1, -0.05) is 0 Å². The van der Waals surface area contributed by atoms with E-state index in [1.54, 1.807) is 22.7 Å². The number of guanidine groups is 1. The second kappa shape index (κ2) is 7.67. The molecule has 0 aliphatic carbocycles. The average Bonchev–Trinajstić information content (AvgIpc) is 3.04. The molecule has 102 valence electrons. The predicted octanol–water partition coefficient (Wildman–Crippen LogP) is 3.83. The first kappa shape index (κ1) is 14.6. The normalized spacial score (nSPS) is 11.6. The van der Waals surface area contributed by atoms with E-state index in [1.807, 2.05) is 0 Å². The quantitative estimate of drug-likeness (QED) is 0.630. The van der Waals surface area contributed by atoms with E-state index in [9.17, 15) is 0 Å². The fourth-order valence-corrected chi connectivity index (χ4v) is 3.39. The highest BCUT2D eigenvalue weighted by molar-refractivity contribution is 9.11. The van der Waals surface area contributed by atoms with Gasteiger partial charge in [0.2, 0.25) is 0 Å². The Hall–Kier alpha value is -0.850. The molecule has 0 unspecified atom stereocenters. The van der Waals surface area contributed by atoms with Crippen molar-refractivity contribution in [2.45, 2.75) is 20.0 Å². The van der Waals surface area contributed by atoms with E-state index < -0.39 is 0 Å². The highest BCUT2D eigenvalue weighted by Gasteiger charge is 2.00. The summed E-state index contributed by atoms with van der Waals surface area (Å²) in [7, 11) is 0. The largest absolute Gasteiger partial charge is 0.357 e. The van der Waals surface area contributed by atoms with Gasteiger partial charge in [-0.15, -0.1) is 11.3 Å². The number of aliphatic imine (C=N–C) groups is 1. The van der Waals surface area contributed by atoms with Crippen molar-refractivity contribution >= 4 is 44.6 Å². The van der Waals surface area contributed by atoms with Crippen molar-refractivity contribution in [1.29, 1.82) is 0 Å². The van der Waals surface area contributed by atoms with Crippen LogP contribution >= 0.6 is 38.6 Å². The van der Waals surface area contributed by atoms with Gasteiger partial charge in [0.05, 0.1) is 10.3 Å². The third kappa shape index (κ3) is 4.97. The summed E-state index contributed by atoms with van der Waals surface area (Å²) in [5.74, 6) is 0.857. The van der Waals surface area contributed by atoms with Crippen molar-refractivity contribution < 1.29 is 0 Å². The van der Waals surface area contributed by atoms with Crippen LogP contribution in [0.4, 0.5) is 0 Å². The summed E-state index contributed by atoms with van der Waals surface area (Å²) in [5, 5.41) is 12.9. The van der Waals surface area contributed by atoms with Crippen LogP contribution in [-0.4, -0.2) is 12.5 Å². The minimum Gasteiger partial charge on any atom is -0.357 e. The Labute approximate surface area is 129 Å². The van der Waals surface area contributed by atoms with E-state index >= 15 is 0 Å². The lowest BCUT2D eigenvalue weighted by molar-refractivity contribution is 0.818. The van der Waals surface area contributed by atoms with Crippen LogP contribution in [0, 0.1) is 0 Å². The zero-order valence-corrected chi connectivity index (χ0v) is 13.9. The van der Waals surface area contributed by atoms with Gasteiger partial charge in [-0.05, 0) is 62.3 Å². The van der Waals surface area contributed by atoms with Gasteiger partial charge in [0, 0.05) is 13.1 Å². The lowest BCUT2D eigenvalue weighted by Gasteiger charge is -2.10. The SMILES string of the molecule is CCNC(=NCc1csc(Br)c1)NCc1ccsc1. The Kier molecular flexibility index (Phi) is 5.88. The molecule has 2 rings (SSSR count). The highest BCUT2D eigenvalue weighted by Crippen LogP contribution is 2.21. The summed E-state index contributed by atoms with van der Waals surface area (Å²) in [6, 6.07) is 4.23. The van der Waals surface area contributed by atoms with E-state index in [-0.39, 0.29) is 0 Å². The van der Waals surface area contributed by atoms with Crippen molar-refractivity contribution in [1.82, 2.24) is 10.6 Å². The molecule has 0 radical (unpaired) electrons. The molecular weight excluding hydrogens is 342 g/mol. The van der Waals surface area contributed by atoms with Gasteiger partial charge in [-0.2, -0.15) is 11.3 Å². The molecule has 3 nitrogen and oxygen atoms in total. The van der Waals surface area contributed by atoms with Crippen LogP contribution in [0.25, 0.3) is 0 Å². The number of rotatable bonds is 5. The molecule has 19 heavy (non-hydrogen) atoms. The first-order valence-corrected chi connectivity index (χ1v) is 8.65. The fraction of sp³-hybridized carbons (Fsp3) is 0.308. The van der Waals surface area contributed by atoms with Gasteiger partial charge in [-0.25, -0.2) is 4.99 Å². The molecule has 0 aliphatic rings. The summed E-state index contributed by atoms with van der Waals surface area (Å²) in [6.07, 6.45) is 0. The van der Waals surface area contributed by atoms with Gasteiger partial charge in [0.25, 0.3) is 0 Å². The molecule has 2 N–H and O–H groups in total. The van der Waals surface area contributed by atoms with E-state index in [0.29, 0.717) is 6.54 Å². The Balaban J connectivity index is 1.90. The maximum atomic E-state index is 4.58. The zero-order valence-electron chi connectivity index (χ0n) is 10.6. The fourth-order valence-electron chi connectivity index (χ4n) is 1.52. The lowest BCUT2D eigenvalue weighted by atomic mass is 10.3. The number of thiophene rings is 2. The van der Waals surface area contributed by atoms with Crippen LogP contribution in [0.15, 0.2) is 37.1 Å². The van der Waals surface area contributed by atoms with Gasteiger partial charge in [0.15, 0.2) is 5.96 Å². The Morgan fingerprint density at radius 2 is 2.21 bits per heavy atom. The number of halogens is 1. The molecule has 0 fully saturated rings. The molecule has 0 bridgehead atoms. The molecule has 0 amide bonds. The van der Waals surface area contributed by atoms with Crippen LogP contribution in [0.2, 0.25) is 0 Å². The molecule has 2 aromatic heterocycles. The summed E-state index contributed by atoms with van der Waals surface area (Å²) >= 11 is 6.87. The first-order chi connectivity index (χ1) is 9.28. The Morgan fingerprint density at radius 1 is 1.32 bits per heavy atom. The van der Waals surface area contributed by atoms with Crippen LogP contribution in [0.3, 0.4) is 0 Å². The van der Waals surface area contributed by atoms with Crippen molar-refractivity contribution in [3.05, 3.63) is 43.2 Å². The molecule has 2 heterocycles. The summed E-state index contributed by atoms with van der Waals surface area (Å²) in [6.45, 7) is 4.44. The summed E-state index contributed by atoms with van der Waals surface area (Å²) in [5.41, 5.74) is 2.51. The van der Waals surface area contributed by atoms with Crippen molar-refractivity contribution in [2.75, 3.05) is 6.54 Å². The Morgan fingerprint density at radius 3 is 2.84 bits per heavy atom. The van der Waals surface area contributed by atoms with E-state index in [1.165, 1.54) is 11.1 Å². The third-order valence-electron chi connectivity index (χ3n) is 2.43. The maximum absolute atomic E-state index is 4.58. The Bertz CT molecular complexity index is 520. The molecule has 0 atom stereocenters. The van der Waals surface area contributed by atoms with Gasteiger partial charge in [-0.3, -0.25) is 0 Å². The number of nitrogens with zero attached hydrogens (tertiary/aromatic N) is 1. The number of hydrogen-bond acceptors (Lipinski definition) is 3. The van der Waals surface area contributed by atoms with Crippen LogP contribution < -0.4 is 10.6 Å². The molecule has 0 spiro atoms. The van der Waals surface area contributed by atoms with Crippen molar-refractivity contribution in [3.8, 4) is 0 Å². The van der Waals surface area contributed by atoms with E-state index in [0.717, 1.165) is 22.8 Å². The topological polar surface area (TPSA) is 36.4 Å². The smallest absolute Gasteiger partial charge is 0.191 e. The minimum atomic E-state index is 0.696. The number of nitrogens with one attached hydrogen (secondary N) is 2. The van der Waals surface area contributed by atoms with Crippen LogP contribution in [0.1, 0.15) is 18.1 Å². The van der Waals surface area contributed by atoms with Gasteiger partial charge in [0.1, 0.15) is 0 Å². The van der Waals surface area contributed by atoms with Gasteiger partial charge < -0.3 is 10.6 Å². The highest BCUT2D eigenvalue weighted by atomic mass is 79.9. The second-order valence-corrected chi connectivity index (χ2v) is 7.01. The molecule has 0 aliphatic heterocycles. The molecule has 6 heteroatoms. The van der Waals surface area contributed by atoms with Crippen LogP contribution in [0.5, 0.6) is 0 Å². The monoisotopic (exact) mass is 357 g/mol. The maximum Gasteiger partial charge on any atom is 0.191 e. The van der Waals surface area contributed by atoms with E-state index in [2.05, 4.69) is 66.8 Å². The predicted molar refractivity (Wildman–Crippen MR) is 88.0 cm³/mol. The second-order valence-electron chi connectivity index (χ2n) is 3.94. The molecule has 2 aromatic rings. The minimum absolute atomic E-state index is 0.696. The van der Waals surface area contributed by atoms with Gasteiger partial charge >= 0.3 is 0 Å². The average molecular weight is 358 g/mol. The molecule has 0 aromatic carbocycles. The first-order valence-electron chi connectivity index (χ1n) is 6.04. The molecule has 0 saturated carbocycles. The summed E-state index contributed by atoms with van der Waals surface area (Å²) in [4.78, 5) is 4.58. The molecule has 0 saturated heterocycles. The zero-order chi connectivity index (χ0) is 13.5.